The highest BCUT2D eigenvalue weighted by Gasteiger charge is 2.33. The topological polar surface area (TPSA) is 71.6 Å². The predicted molar refractivity (Wildman–Crippen MR) is 158 cm³/mol. The minimum Gasteiger partial charge on any atom is -0.258 e. The van der Waals surface area contributed by atoms with Gasteiger partial charge < -0.3 is 0 Å². The quantitative estimate of drug-likeness (QED) is 0.163. The molecule has 4 aromatic carbocycles. The van der Waals surface area contributed by atoms with E-state index in [2.05, 4.69) is 68.4 Å². The van der Waals surface area contributed by atoms with Crippen molar-refractivity contribution in [2.45, 2.75) is 26.3 Å². The number of hydrazone groups is 1. The van der Waals surface area contributed by atoms with E-state index in [4.69, 9.17) is 10.1 Å². The molecule has 0 fully saturated rings. The van der Waals surface area contributed by atoms with E-state index >= 15 is 0 Å². The zero-order chi connectivity index (χ0) is 26.9. The van der Waals surface area contributed by atoms with Gasteiger partial charge in [0.25, 0.3) is 5.69 Å². The molecule has 6 rings (SSSR count). The molecule has 1 aliphatic rings. The van der Waals surface area contributed by atoms with Crippen LogP contribution in [0.5, 0.6) is 0 Å². The summed E-state index contributed by atoms with van der Waals surface area (Å²) in [5.74, 6) is 0. The minimum absolute atomic E-state index is 0.0750. The number of thiazole rings is 1. The minimum atomic E-state index is -0.351. The molecule has 0 radical (unpaired) electrons. The Hall–Kier alpha value is -4.62. The highest BCUT2D eigenvalue weighted by atomic mass is 32.1. The van der Waals surface area contributed by atoms with Gasteiger partial charge in [0.05, 0.1) is 22.4 Å². The Morgan fingerprint density at radius 2 is 1.62 bits per heavy atom. The second-order valence-corrected chi connectivity index (χ2v) is 10.6. The number of nitrogens with zero attached hydrogens (tertiary/aromatic N) is 4. The summed E-state index contributed by atoms with van der Waals surface area (Å²) in [6.45, 7) is 4.16. The van der Waals surface area contributed by atoms with Crippen molar-refractivity contribution < 1.29 is 4.92 Å². The third-order valence-electron chi connectivity index (χ3n) is 7.06. The van der Waals surface area contributed by atoms with Gasteiger partial charge >= 0.3 is 0 Å². The van der Waals surface area contributed by atoms with Crippen LogP contribution >= 0.6 is 11.3 Å². The maximum atomic E-state index is 11.5. The summed E-state index contributed by atoms with van der Waals surface area (Å²) in [6, 6.07) is 31.7. The van der Waals surface area contributed by atoms with Crippen LogP contribution in [0.4, 0.5) is 10.8 Å². The number of benzene rings is 4. The first-order valence-corrected chi connectivity index (χ1v) is 13.6. The maximum Gasteiger partial charge on any atom is 0.269 e. The standard InChI is InChI=1S/C32H26N4O2S/c1-21-11-12-22(2)28(17-21)29-19-31(26-9-6-10-27(18-26)36(37)38)35(34-29)32-33-30(20-39-32)25-15-13-24(14-16-25)23-7-4-3-5-8-23/h3-18,20,31H,19H2,1-2H3. The van der Waals surface area contributed by atoms with E-state index in [1.54, 1.807) is 12.1 Å². The molecule has 39 heavy (non-hydrogen) atoms. The molecular weight excluding hydrogens is 504 g/mol. The second-order valence-electron chi connectivity index (χ2n) is 9.74. The highest BCUT2D eigenvalue weighted by molar-refractivity contribution is 7.14. The molecule has 1 aliphatic heterocycles. The van der Waals surface area contributed by atoms with Crippen molar-refractivity contribution in [1.29, 1.82) is 0 Å². The van der Waals surface area contributed by atoms with Gasteiger partial charge in [-0.1, -0.05) is 84.4 Å². The summed E-state index contributed by atoms with van der Waals surface area (Å²) in [6.07, 6.45) is 0.631. The second kappa shape index (κ2) is 10.3. The Balaban J connectivity index is 1.36. The molecule has 6 nitrogen and oxygen atoms in total. The molecule has 0 N–H and O–H groups in total. The Bertz CT molecular complexity index is 1690. The van der Waals surface area contributed by atoms with Gasteiger partial charge in [0.1, 0.15) is 0 Å². The molecule has 7 heteroatoms. The predicted octanol–water partition coefficient (Wildman–Crippen LogP) is 8.36. The number of aryl methyl sites for hydroxylation is 2. The fraction of sp³-hybridized carbons (Fsp3) is 0.125. The zero-order valence-corrected chi connectivity index (χ0v) is 22.4. The Morgan fingerprint density at radius 3 is 2.38 bits per heavy atom. The van der Waals surface area contributed by atoms with E-state index in [9.17, 15) is 10.1 Å². The third kappa shape index (κ3) is 4.96. The molecule has 0 saturated heterocycles. The summed E-state index contributed by atoms with van der Waals surface area (Å²) in [5, 5.41) is 21.3. The molecule has 1 aromatic heterocycles. The van der Waals surface area contributed by atoms with Gasteiger partial charge in [-0.05, 0) is 42.2 Å². The summed E-state index contributed by atoms with van der Waals surface area (Å²) >= 11 is 1.53. The summed E-state index contributed by atoms with van der Waals surface area (Å²) < 4.78 is 0. The van der Waals surface area contributed by atoms with Crippen LogP contribution in [-0.2, 0) is 0 Å². The van der Waals surface area contributed by atoms with Crippen LogP contribution in [-0.4, -0.2) is 15.6 Å². The van der Waals surface area contributed by atoms with E-state index in [0.717, 1.165) is 44.4 Å². The molecule has 5 aromatic rings. The van der Waals surface area contributed by atoms with Gasteiger partial charge in [0.15, 0.2) is 0 Å². The molecule has 0 amide bonds. The van der Waals surface area contributed by atoms with Crippen LogP contribution in [0.3, 0.4) is 0 Å². The number of aromatic nitrogens is 1. The Kier molecular flexibility index (Phi) is 6.50. The normalized spacial score (nSPS) is 14.9. The SMILES string of the molecule is Cc1ccc(C)c(C2=NN(c3nc(-c4ccc(-c5ccccc5)cc4)cs3)C(c3cccc([N+](=O)[O-])c3)C2)c1. The number of nitro groups is 1. The van der Waals surface area contributed by atoms with Crippen molar-refractivity contribution in [2.75, 3.05) is 5.01 Å². The van der Waals surface area contributed by atoms with Gasteiger partial charge in [-0.25, -0.2) is 9.99 Å². The third-order valence-corrected chi connectivity index (χ3v) is 7.89. The fourth-order valence-electron chi connectivity index (χ4n) is 4.97. The lowest BCUT2D eigenvalue weighted by atomic mass is 9.95. The number of hydrogen-bond donors (Lipinski definition) is 0. The lowest BCUT2D eigenvalue weighted by Crippen LogP contribution is -2.18. The first-order chi connectivity index (χ1) is 19.0. The van der Waals surface area contributed by atoms with Crippen LogP contribution in [0.15, 0.2) is 108 Å². The zero-order valence-electron chi connectivity index (χ0n) is 21.6. The van der Waals surface area contributed by atoms with Crippen molar-refractivity contribution >= 4 is 27.9 Å². The molecule has 0 saturated carbocycles. The summed E-state index contributed by atoms with van der Waals surface area (Å²) in [7, 11) is 0. The monoisotopic (exact) mass is 530 g/mol. The molecule has 2 heterocycles. The number of rotatable bonds is 6. The number of hydrogen-bond acceptors (Lipinski definition) is 6. The highest BCUT2D eigenvalue weighted by Crippen LogP contribution is 2.40. The van der Waals surface area contributed by atoms with Crippen LogP contribution in [0.2, 0.25) is 0 Å². The summed E-state index contributed by atoms with van der Waals surface area (Å²) in [5.41, 5.74) is 9.53. The van der Waals surface area contributed by atoms with Crippen molar-refractivity contribution in [3.8, 4) is 22.4 Å². The van der Waals surface area contributed by atoms with E-state index in [-0.39, 0.29) is 16.7 Å². The molecule has 0 bridgehead atoms. The largest absolute Gasteiger partial charge is 0.269 e. The van der Waals surface area contributed by atoms with Crippen molar-refractivity contribution in [2.24, 2.45) is 5.10 Å². The Labute approximate surface area is 231 Å². The lowest BCUT2D eigenvalue weighted by molar-refractivity contribution is -0.384. The van der Waals surface area contributed by atoms with Gasteiger partial charge in [0.2, 0.25) is 5.13 Å². The molecule has 1 unspecified atom stereocenters. The van der Waals surface area contributed by atoms with Crippen molar-refractivity contribution in [3.63, 3.8) is 0 Å². The molecular formula is C32H26N4O2S. The van der Waals surface area contributed by atoms with Gasteiger partial charge in [0, 0.05) is 35.1 Å². The van der Waals surface area contributed by atoms with Gasteiger partial charge in [-0.2, -0.15) is 5.10 Å². The van der Waals surface area contributed by atoms with E-state index in [1.807, 2.05) is 34.7 Å². The molecule has 1 atom stereocenters. The van der Waals surface area contributed by atoms with Crippen LogP contribution in [0.25, 0.3) is 22.4 Å². The smallest absolute Gasteiger partial charge is 0.258 e. The van der Waals surface area contributed by atoms with E-state index in [1.165, 1.54) is 28.5 Å². The van der Waals surface area contributed by atoms with Crippen LogP contribution in [0, 0.1) is 24.0 Å². The molecule has 0 spiro atoms. The molecule has 192 valence electrons. The lowest BCUT2D eigenvalue weighted by Gasteiger charge is -2.21. The Morgan fingerprint density at radius 1 is 0.872 bits per heavy atom. The average molecular weight is 531 g/mol. The van der Waals surface area contributed by atoms with Crippen LogP contribution < -0.4 is 5.01 Å². The first-order valence-electron chi connectivity index (χ1n) is 12.8. The summed E-state index contributed by atoms with van der Waals surface area (Å²) in [4.78, 5) is 16.1. The molecule has 0 aliphatic carbocycles. The first kappa shape index (κ1) is 24.7. The van der Waals surface area contributed by atoms with Crippen molar-refractivity contribution in [1.82, 2.24) is 4.98 Å². The average Bonchev–Trinajstić information content (AvgIpc) is 3.63. The number of anilines is 1. The van der Waals surface area contributed by atoms with E-state index in [0.29, 0.717) is 6.42 Å². The van der Waals surface area contributed by atoms with Gasteiger partial charge in [-0.15, -0.1) is 11.3 Å². The number of non-ortho nitro benzene ring substituents is 1. The van der Waals surface area contributed by atoms with Crippen molar-refractivity contribution in [3.05, 3.63) is 135 Å². The maximum absolute atomic E-state index is 11.5. The van der Waals surface area contributed by atoms with E-state index < -0.39 is 0 Å². The fourth-order valence-corrected chi connectivity index (χ4v) is 5.80. The van der Waals surface area contributed by atoms with Crippen LogP contribution in [0.1, 0.15) is 34.7 Å². The van der Waals surface area contributed by atoms with Gasteiger partial charge in [-0.3, -0.25) is 10.1 Å². The number of nitro benzene ring substituents is 1.